The van der Waals surface area contributed by atoms with Crippen LogP contribution in [0.25, 0.3) is 16.9 Å². The molecule has 8 nitrogen and oxygen atoms in total. The van der Waals surface area contributed by atoms with E-state index in [1.165, 1.54) is 13.2 Å². The number of alkyl halides is 3. The van der Waals surface area contributed by atoms with Gasteiger partial charge in [-0.25, -0.2) is 9.50 Å². The van der Waals surface area contributed by atoms with Crippen LogP contribution < -0.4 is 10.1 Å². The molecule has 3 aromatic heterocycles. The maximum absolute atomic E-state index is 13.9. The zero-order valence-electron chi connectivity index (χ0n) is 19.8. The average Bonchev–Trinajstić information content (AvgIpc) is 3.46. The third-order valence-corrected chi connectivity index (χ3v) is 5.73. The van der Waals surface area contributed by atoms with Gasteiger partial charge in [0.1, 0.15) is 5.75 Å². The number of anilines is 1. The molecule has 0 unspecified atom stereocenters. The molecular weight excluding hydrogens is 485 g/mol. The molecule has 0 fully saturated rings. The van der Waals surface area contributed by atoms with E-state index in [0.29, 0.717) is 22.4 Å². The number of methoxy groups -OCH3 is 1. The van der Waals surface area contributed by atoms with Crippen LogP contribution in [-0.4, -0.2) is 37.4 Å². The SMILES string of the molecule is COc1ccc(-c2cc(C(F)(F)F)n3nc(C(=O)Nc4cc(C)n(Cc5ccccc5)n4)cc3n2)cc1. The molecule has 0 aliphatic carbocycles. The topological polar surface area (TPSA) is 86.3 Å². The van der Waals surface area contributed by atoms with Crippen molar-refractivity contribution in [2.75, 3.05) is 12.4 Å². The third-order valence-electron chi connectivity index (χ3n) is 5.73. The van der Waals surface area contributed by atoms with Crippen LogP contribution in [0.4, 0.5) is 19.0 Å². The van der Waals surface area contributed by atoms with Crippen LogP contribution in [0.2, 0.25) is 0 Å². The van der Waals surface area contributed by atoms with Crippen molar-refractivity contribution in [1.29, 1.82) is 0 Å². The Morgan fingerprint density at radius 3 is 2.41 bits per heavy atom. The van der Waals surface area contributed by atoms with Crippen molar-refractivity contribution < 1.29 is 22.7 Å². The number of hydrogen-bond donors (Lipinski definition) is 1. The zero-order chi connectivity index (χ0) is 26.2. The summed E-state index contributed by atoms with van der Waals surface area (Å²) in [5.74, 6) is 0.123. The molecule has 1 amide bonds. The van der Waals surface area contributed by atoms with E-state index in [9.17, 15) is 18.0 Å². The van der Waals surface area contributed by atoms with Gasteiger partial charge in [0.15, 0.2) is 22.9 Å². The number of aromatic nitrogens is 5. The van der Waals surface area contributed by atoms with Crippen LogP contribution in [-0.2, 0) is 12.7 Å². The summed E-state index contributed by atoms with van der Waals surface area (Å²) in [4.78, 5) is 17.2. The van der Waals surface area contributed by atoms with Gasteiger partial charge in [0.2, 0.25) is 0 Å². The van der Waals surface area contributed by atoms with Crippen molar-refractivity contribution in [2.24, 2.45) is 0 Å². The van der Waals surface area contributed by atoms with Crippen molar-refractivity contribution in [3.05, 3.63) is 95.4 Å². The van der Waals surface area contributed by atoms with Gasteiger partial charge in [-0.1, -0.05) is 30.3 Å². The number of ether oxygens (including phenoxy) is 1. The Morgan fingerprint density at radius 1 is 1.00 bits per heavy atom. The predicted octanol–water partition coefficient (Wildman–Crippen LogP) is 5.23. The smallest absolute Gasteiger partial charge is 0.433 e. The van der Waals surface area contributed by atoms with E-state index in [1.807, 2.05) is 37.3 Å². The second-order valence-electron chi connectivity index (χ2n) is 8.32. The molecule has 0 atom stereocenters. The van der Waals surface area contributed by atoms with Crippen LogP contribution in [0.15, 0.2) is 72.8 Å². The molecule has 0 spiro atoms. The highest BCUT2D eigenvalue weighted by molar-refractivity contribution is 6.03. The van der Waals surface area contributed by atoms with E-state index in [0.717, 1.165) is 17.3 Å². The fraction of sp³-hybridized carbons (Fsp3) is 0.154. The number of rotatable bonds is 6. The molecule has 3 heterocycles. The number of carbonyl (C=O) groups excluding carboxylic acids is 1. The molecule has 11 heteroatoms. The summed E-state index contributed by atoms with van der Waals surface area (Å²) in [7, 11) is 1.50. The van der Waals surface area contributed by atoms with Crippen LogP contribution >= 0.6 is 0 Å². The normalized spacial score (nSPS) is 11.6. The van der Waals surface area contributed by atoms with Gasteiger partial charge >= 0.3 is 6.18 Å². The summed E-state index contributed by atoms with van der Waals surface area (Å²) in [5, 5.41) is 10.9. The summed E-state index contributed by atoms with van der Waals surface area (Å²) >= 11 is 0. The van der Waals surface area contributed by atoms with E-state index in [4.69, 9.17) is 4.74 Å². The Labute approximate surface area is 209 Å². The first-order chi connectivity index (χ1) is 17.7. The van der Waals surface area contributed by atoms with E-state index < -0.39 is 17.8 Å². The van der Waals surface area contributed by atoms with Gasteiger partial charge in [-0.15, -0.1) is 0 Å². The van der Waals surface area contributed by atoms with Crippen LogP contribution in [0.5, 0.6) is 5.75 Å². The number of benzene rings is 2. The number of aryl methyl sites for hydroxylation is 1. The Morgan fingerprint density at radius 2 is 1.73 bits per heavy atom. The van der Waals surface area contributed by atoms with Crippen molar-refractivity contribution >= 4 is 17.4 Å². The number of fused-ring (bicyclic) bond motifs is 1. The van der Waals surface area contributed by atoms with Crippen molar-refractivity contribution in [3.8, 4) is 17.0 Å². The van der Waals surface area contributed by atoms with Crippen LogP contribution in [0, 0.1) is 6.92 Å². The molecule has 1 N–H and O–H groups in total. The average molecular weight is 506 g/mol. The fourth-order valence-corrected chi connectivity index (χ4v) is 3.87. The predicted molar refractivity (Wildman–Crippen MR) is 130 cm³/mol. The first-order valence-corrected chi connectivity index (χ1v) is 11.2. The van der Waals surface area contributed by atoms with Gasteiger partial charge < -0.3 is 10.1 Å². The molecule has 5 rings (SSSR count). The van der Waals surface area contributed by atoms with E-state index in [1.54, 1.807) is 35.0 Å². The van der Waals surface area contributed by atoms with Gasteiger partial charge in [-0.2, -0.15) is 23.4 Å². The number of halogens is 3. The van der Waals surface area contributed by atoms with Crippen molar-refractivity contribution in [2.45, 2.75) is 19.6 Å². The van der Waals surface area contributed by atoms with E-state index in [-0.39, 0.29) is 22.9 Å². The first kappa shape index (κ1) is 24.0. The molecule has 0 bridgehead atoms. The van der Waals surface area contributed by atoms with Gasteiger partial charge in [0.25, 0.3) is 5.91 Å². The Kier molecular flexibility index (Phi) is 6.12. The lowest BCUT2D eigenvalue weighted by Gasteiger charge is -2.11. The summed E-state index contributed by atoms with van der Waals surface area (Å²) in [6.45, 7) is 2.35. The highest BCUT2D eigenvalue weighted by Crippen LogP contribution is 2.32. The molecule has 0 aliphatic heterocycles. The van der Waals surface area contributed by atoms with Gasteiger partial charge in [-0.05, 0) is 42.8 Å². The second-order valence-corrected chi connectivity index (χ2v) is 8.32. The van der Waals surface area contributed by atoms with Crippen molar-refractivity contribution in [1.82, 2.24) is 24.4 Å². The second kappa shape index (κ2) is 9.41. The number of carbonyl (C=O) groups is 1. The minimum Gasteiger partial charge on any atom is -0.497 e. The highest BCUT2D eigenvalue weighted by atomic mass is 19.4. The lowest BCUT2D eigenvalue weighted by atomic mass is 10.1. The quantitative estimate of drug-likeness (QED) is 0.341. The highest BCUT2D eigenvalue weighted by Gasteiger charge is 2.35. The zero-order valence-corrected chi connectivity index (χ0v) is 19.8. The largest absolute Gasteiger partial charge is 0.497 e. The molecule has 0 saturated carbocycles. The molecule has 37 heavy (non-hydrogen) atoms. The summed E-state index contributed by atoms with van der Waals surface area (Å²) < 4.78 is 49.1. The molecule has 0 radical (unpaired) electrons. The number of nitrogens with one attached hydrogen (secondary N) is 1. The lowest BCUT2D eigenvalue weighted by Crippen LogP contribution is -2.16. The minimum absolute atomic E-state index is 0.0876. The van der Waals surface area contributed by atoms with E-state index >= 15 is 0 Å². The standard InChI is InChI=1S/C26H21F3N6O2/c1-16-12-23(33-34(16)15-17-6-4-3-5-7-17)31-25(36)21-14-24-30-20(18-8-10-19(37-2)11-9-18)13-22(26(27,28)29)35(24)32-21/h3-14H,15H2,1-2H3,(H,31,33,36). The van der Waals surface area contributed by atoms with Crippen LogP contribution in [0.1, 0.15) is 27.4 Å². The Balaban J connectivity index is 1.45. The first-order valence-electron chi connectivity index (χ1n) is 11.2. The number of hydrogen-bond acceptors (Lipinski definition) is 5. The monoisotopic (exact) mass is 506 g/mol. The molecule has 5 aromatic rings. The molecule has 0 saturated heterocycles. The van der Waals surface area contributed by atoms with Gasteiger partial charge in [0.05, 0.1) is 19.3 Å². The Bertz CT molecular complexity index is 1570. The molecule has 0 aliphatic rings. The molecular formula is C26H21F3N6O2. The maximum atomic E-state index is 13.9. The molecule has 2 aromatic carbocycles. The van der Waals surface area contributed by atoms with Gasteiger partial charge in [-0.3, -0.25) is 9.48 Å². The fourth-order valence-electron chi connectivity index (χ4n) is 3.87. The van der Waals surface area contributed by atoms with Gasteiger partial charge in [0, 0.05) is 23.4 Å². The van der Waals surface area contributed by atoms with Crippen molar-refractivity contribution in [3.63, 3.8) is 0 Å². The summed E-state index contributed by atoms with van der Waals surface area (Å²) in [5.41, 5.74) is 0.997. The van der Waals surface area contributed by atoms with Crippen LogP contribution in [0.3, 0.4) is 0 Å². The minimum atomic E-state index is -4.73. The Hall–Kier alpha value is -4.67. The summed E-state index contributed by atoms with van der Waals surface area (Å²) in [6, 6.07) is 19.9. The third kappa shape index (κ3) is 5.01. The van der Waals surface area contributed by atoms with E-state index in [2.05, 4.69) is 20.5 Å². The number of amides is 1. The maximum Gasteiger partial charge on any atom is 0.433 e. The molecule has 188 valence electrons. The summed E-state index contributed by atoms with van der Waals surface area (Å²) in [6.07, 6.45) is -4.73. The number of nitrogens with zero attached hydrogens (tertiary/aromatic N) is 5. The lowest BCUT2D eigenvalue weighted by molar-refractivity contribution is -0.142.